The molecule has 0 unspecified atom stereocenters. The van der Waals surface area contributed by atoms with E-state index in [0.29, 0.717) is 18.0 Å². The molecule has 1 atom stereocenters. The van der Waals surface area contributed by atoms with Crippen LogP contribution in [-0.4, -0.2) is 47.6 Å². The number of aliphatic hydroxyl groups is 1. The SMILES string of the molecule is COc1ccc(CN2CCc3cc(OC)c(O)cc3[C@@H]2CO)cc1O. The maximum Gasteiger partial charge on any atom is 0.160 e. The first-order valence-electron chi connectivity index (χ1n) is 8.18. The molecule has 0 spiro atoms. The Morgan fingerprint density at radius 3 is 2.40 bits per heavy atom. The molecule has 6 nitrogen and oxygen atoms in total. The van der Waals surface area contributed by atoms with E-state index in [1.54, 1.807) is 18.2 Å². The second-order valence-corrected chi connectivity index (χ2v) is 6.15. The van der Waals surface area contributed by atoms with Crippen LogP contribution in [-0.2, 0) is 13.0 Å². The van der Waals surface area contributed by atoms with Crippen molar-refractivity contribution in [3.8, 4) is 23.0 Å². The molecule has 6 heteroatoms. The summed E-state index contributed by atoms with van der Waals surface area (Å²) in [7, 11) is 3.04. The Hall–Kier alpha value is -2.44. The summed E-state index contributed by atoms with van der Waals surface area (Å²) < 4.78 is 10.2. The number of hydrogen-bond donors (Lipinski definition) is 3. The van der Waals surface area contributed by atoms with E-state index in [9.17, 15) is 15.3 Å². The lowest BCUT2D eigenvalue weighted by Crippen LogP contribution is -2.36. The molecule has 0 amide bonds. The van der Waals surface area contributed by atoms with Gasteiger partial charge in [-0.3, -0.25) is 4.90 Å². The van der Waals surface area contributed by atoms with Gasteiger partial charge >= 0.3 is 0 Å². The standard InChI is InChI=1S/C19H23NO5/c1-24-18-4-3-12(7-16(18)22)10-20-6-5-13-8-19(25-2)17(23)9-14(13)15(20)11-21/h3-4,7-9,15,21-23H,5-6,10-11H2,1-2H3/t15-/m0/s1. The zero-order valence-corrected chi connectivity index (χ0v) is 14.4. The topological polar surface area (TPSA) is 82.4 Å². The molecule has 0 radical (unpaired) electrons. The van der Waals surface area contributed by atoms with Crippen LogP contribution in [0.25, 0.3) is 0 Å². The monoisotopic (exact) mass is 345 g/mol. The Morgan fingerprint density at radius 2 is 1.76 bits per heavy atom. The van der Waals surface area contributed by atoms with E-state index in [0.717, 1.165) is 29.7 Å². The fraction of sp³-hybridized carbons (Fsp3) is 0.368. The molecule has 25 heavy (non-hydrogen) atoms. The molecular formula is C19H23NO5. The van der Waals surface area contributed by atoms with E-state index >= 15 is 0 Å². The summed E-state index contributed by atoms with van der Waals surface area (Å²) in [4.78, 5) is 2.13. The molecular weight excluding hydrogens is 322 g/mol. The average Bonchev–Trinajstić information content (AvgIpc) is 2.61. The maximum atomic E-state index is 10.1. The second-order valence-electron chi connectivity index (χ2n) is 6.15. The first kappa shape index (κ1) is 17.4. The van der Waals surface area contributed by atoms with Crippen LogP contribution in [0.5, 0.6) is 23.0 Å². The van der Waals surface area contributed by atoms with Crippen LogP contribution in [0, 0.1) is 0 Å². The number of methoxy groups -OCH3 is 2. The highest BCUT2D eigenvalue weighted by Gasteiger charge is 2.28. The molecule has 0 bridgehead atoms. The number of rotatable bonds is 5. The Morgan fingerprint density at radius 1 is 1.04 bits per heavy atom. The van der Waals surface area contributed by atoms with E-state index < -0.39 is 0 Å². The van der Waals surface area contributed by atoms with Crippen LogP contribution in [0.15, 0.2) is 30.3 Å². The highest BCUT2D eigenvalue weighted by atomic mass is 16.5. The van der Waals surface area contributed by atoms with Crippen molar-refractivity contribution < 1.29 is 24.8 Å². The van der Waals surface area contributed by atoms with Crippen LogP contribution in [0.3, 0.4) is 0 Å². The lowest BCUT2D eigenvalue weighted by atomic mass is 9.91. The summed E-state index contributed by atoms with van der Waals surface area (Å²) in [6.45, 7) is 1.29. The number of ether oxygens (including phenoxy) is 2. The quantitative estimate of drug-likeness (QED) is 0.771. The Labute approximate surface area is 146 Å². The lowest BCUT2D eigenvalue weighted by molar-refractivity contribution is 0.107. The van der Waals surface area contributed by atoms with Crippen molar-refractivity contribution in [1.29, 1.82) is 0 Å². The van der Waals surface area contributed by atoms with Crippen LogP contribution >= 0.6 is 0 Å². The summed E-state index contributed by atoms with van der Waals surface area (Å²) in [5.41, 5.74) is 2.91. The van der Waals surface area contributed by atoms with Crippen molar-refractivity contribution in [1.82, 2.24) is 4.90 Å². The molecule has 0 aromatic heterocycles. The minimum absolute atomic E-state index is 0.0547. The minimum Gasteiger partial charge on any atom is -0.504 e. The smallest absolute Gasteiger partial charge is 0.160 e. The second kappa shape index (κ2) is 7.21. The van der Waals surface area contributed by atoms with Gasteiger partial charge < -0.3 is 24.8 Å². The number of nitrogens with zero attached hydrogens (tertiary/aromatic N) is 1. The molecule has 0 aliphatic carbocycles. The number of aromatic hydroxyl groups is 2. The number of benzene rings is 2. The Bertz CT molecular complexity index is 762. The first-order chi connectivity index (χ1) is 12.1. The van der Waals surface area contributed by atoms with Gasteiger partial charge in [-0.05, 0) is 47.4 Å². The average molecular weight is 345 g/mol. The van der Waals surface area contributed by atoms with Crippen molar-refractivity contribution in [2.75, 3.05) is 27.4 Å². The zero-order chi connectivity index (χ0) is 18.0. The number of aliphatic hydroxyl groups excluding tert-OH is 1. The van der Waals surface area contributed by atoms with Crippen molar-refractivity contribution in [3.05, 3.63) is 47.0 Å². The number of phenolic OH excluding ortho intramolecular Hbond substituents is 2. The molecule has 3 N–H and O–H groups in total. The molecule has 3 rings (SSSR count). The number of hydrogen-bond acceptors (Lipinski definition) is 6. The summed E-state index contributed by atoms with van der Waals surface area (Å²) in [5.74, 6) is 1.05. The predicted octanol–water partition coefficient (Wildman–Crippen LogP) is 2.21. The van der Waals surface area contributed by atoms with Gasteiger partial charge in [-0.2, -0.15) is 0 Å². The molecule has 2 aromatic carbocycles. The zero-order valence-electron chi connectivity index (χ0n) is 14.4. The molecule has 0 saturated carbocycles. The third kappa shape index (κ3) is 3.36. The van der Waals surface area contributed by atoms with Gasteiger partial charge in [0.15, 0.2) is 23.0 Å². The number of fused-ring (bicyclic) bond motifs is 1. The maximum absolute atomic E-state index is 10.1. The molecule has 0 fully saturated rings. The van der Waals surface area contributed by atoms with E-state index in [1.807, 2.05) is 12.1 Å². The van der Waals surface area contributed by atoms with Gasteiger partial charge in [0, 0.05) is 13.1 Å². The highest BCUT2D eigenvalue weighted by molar-refractivity contribution is 5.49. The Balaban J connectivity index is 1.86. The third-order valence-electron chi connectivity index (χ3n) is 4.71. The molecule has 134 valence electrons. The normalized spacial score (nSPS) is 17.2. The van der Waals surface area contributed by atoms with Crippen molar-refractivity contribution in [2.24, 2.45) is 0 Å². The Kier molecular flexibility index (Phi) is 5.01. The van der Waals surface area contributed by atoms with Gasteiger partial charge in [0.2, 0.25) is 0 Å². The fourth-order valence-electron chi connectivity index (χ4n) is 3.40. The van der Waals surface area contributed by atoms with E-state index in [4.69, 9.17) is 9.47 Å². The van der Waals surface area contributed by atoms with Crippen molar-refractivity contribution in [2.45, 2.75) is 19.0 Å². The summed E-state index contributed by atoms with van der Waals surface area (Å²) >= 11 is 0. The molecule has 2 aromatic rings. The lowest BCUT2D eigenvalue weighted by Gasteiger charge is -2.36. The molecule has 1 heterocycles. The highest BCUT2D eigenvalue weighted by Crippen LogP contribution is 2.38. The van der Waals surface area contributed by atoms with Crippen LogP contribution < -0.4 is 9.47 Å². The van der Waals surface area contributed by atoms with E-state index in [-0.39, 0.29) is 24.1 Å². The van der Waals surface area contributed by atoms with Gasteiger partial charge in [0.05, 0.1) is 26.9 Å². The largest absolute Gasteiger partial charge is 0.504 e. The summed E-state index contributed by atoms with van der Waals surface area (Å²) in [6.07, 6.45) is 0.796. The van der Waals surface area contributed by atoms with Gasteiger partial charge in [-0.25, -0.2) is 0 Å². The van der Waals surface area contributed by atoms with Gasteiger partial charge in [-0.15, -0.1) is 0 Å². The van der Waals surface area contributed by atoms with Crippen LogP contribution in [0.4, 0.5) is 0 Å². The molecule has 1 aliphatic heterocycles. The van der Waals surface area contributed by atoms with Gasteiger partial charge in [0.1, 0.15) is 0 Å². The van der Waals surface area contributed by atoms with Gasteiger partial charge in [-0.1, -0.05) is 6.07 Å². The van der Waals surface area contributed by atoms with Gasteiger partial charge in [0.25, 0.3) is 0 Å². The minimum atomic E-state index is -0.218. The fourth-order valence-corrected chi connectivity index (χ4v) is 3.40. The van der Waals surface area contributed by atoms with Crippen LogP contribution in [0.1, 0.15) is 22.7 Å². The summed E-state index contributed by atoms with van der Waals surface area (Å²) in [5, 5.41) is 30.0. The third-order valence-corrected chi connectivity index (χ3v) is 4.71. The first-order valence-corrected chi connectivity index (χ1v) is 8.18. The molecule has 1 aliphatic rings. The van der Waals surface area contributed by atoms with Crippen molar-refractivity contribution in [3.63, 3.8) is 0 Å². The predicted molar refractivity (Wildman–Crippen MR) is 93.3 cm³/mol. The van der Waals surface area contributed by atoms with Crippen LogP contribution in [0.2, 0.25) is 0 Å². The van der Waals surface area contributed by atoms with Crippen molar-refractivity contribution >= 4 is 0 Å². The van der Waals surface area contributed by atoms with E-state index in [2.05, 4.69) is 4.90 Å². The van der Waals surface area contributed by atoms with E-state index in [1.165, 1.54) is 14.2 Å². The summed E-state index contributed by atoms with van der Waals surface area (Å²) in [6, 6.07) is 8.59. The number of phenols is 2. The molecule has 0 saturated heterocycles.